The average molecular weight is 277 g/mol. The lowest BCUT2D eigenvalue weighted by atomic mass is 10.1. The molecule has 0 aliphatic rings. The van der Waals surface area contributed by atoms with Crippen LogP contribution in [0.2, 0.25) is 0 Å². The van der Waals surface area contributed by atoms with Gasteiger partial charge >= 0.3 is 5.97 Å². The van der Waals surface area contributed by atoms with Crippen molar-refractivity contribution in [2.45, 2.75) is 19.8 Å². The summed E-state index contributed by atoms with van der Waals surface area (Å²) in [5.41, 5.74) is 0.817. The van der Waals surface area contributed by atoms with E-state index in [0.29, 0.717) is 19.4 Å². The molecule has 0 saturated heterocycles. The first-order chi connectivity index (χ1) is 9.49. The summed E-state index contributed by atoms with van der Waals surface area (Å²) in [6, 6.07) is 6.50. The molecule has 1 amide bonds. The number of benzene rings is 1. The predicted molar refractivity (Wildman–Crippen MR) is 76.2 cm³/mol. The molecule has 5 nitrogen and oxygen atoms in total. The van der Waals surface area contributed by atoms with Gasteiger partial charge in [0.1, 0.15) is 5.75 Å². The van der Waals surface area contributed by atoms with E-state index in [-0.39, 0.29) is 17.6 Å². The van der Waals surface area contributed by atoms with Crippen LogP contribution in [0.15, 0.2) is 30.3 Å². The third kappa shape index (κ3) is 6.04. The molecule has 0 aliphatic carbocycles. The molecule has 1 rings (SSSR count). The molecule has 3 N–H and O–H groups in total. The largest absolute Gasteiger partial charge is 0.508 e. The highest BCUT2D eigenvalue weighted by Crippen LogP contribution is 2.10. The summed E-state index contributed by atoms with van der Waals surface area (Å²) in [7, 11) is 0. The molecule has 1 aromatic carbocycles. The number of hydrogen-bond donors (Lipinski definition) is 3. The predicted octanol–water partition coefficient (Wildman–Crippen LogP) is 2.02. The highest BCUT2D eigenvalue weighted by Gasteiger charge is 2.09. The third-order valence-electron chi connectivity index (χ3n) is 2.85. The van der Waals surface area contributed by atoms with Crippen LogP contribution < -0.4 is 5.32 Å². The smallest absolute Gasteiger partial charge is 0.306 e. The van der Waals surface area contributed by atoms with Gasteiger partial charge in [0.2, 0.25) is 5.91 Å². The van der Waals surface area contributed by atoms with E-state index in [1.807, 2.05) is 0 Å². The van der Waals surface area contributed by atoms with Gasteiger partial charge in [-0.1, -0.05) is 19.1 Å². The van der Waals surface area contributed by atoms with E-state index in [1.165, 1.54) is 6.08 Å². The second-order valence-corrected chi connectivity index (χ2v) is 4.60. The molecular formula is C15H19NO4. The molecular weight excluding hydrogens is 258 g/mol. The average Bonchev–Trinajstić information content (AvgIpc) is 2.42. The Morgan fingerprint density at radius 3 is 2.55 bits per heavy atom. The topological polar surface area (TPSA) is 86.6 Å². The van der Waals surface area contributed by atoms with E-state index in [4.69, 9.17) is 10.2 Å². The number of nitrogens with one attached hydrogen (secondary N) is 1. The van der Waals surface area contributed by atoms with Gasteiger partial charge < -0.3 is 15.5 Å². The molecule has 20 heavy (non-hydrogen) atoms. The van der Waals surface area contributed by atoms with Gasteiger partial charge in [0.25, 0.3) is 0 Å². The molecule has 0 saturated carbocycles. The van der Waals surface area contributed by atoms with E-state index >= 15 is 0 Å². The van der Waals surface area contributed by atoms with Gasteiger partial charge in [-0.3, -0.25) is 9.59 Å². The van der Waals surface area contributed by atoms with Crippen molar-refractivity contribution in [3.8, 4) is 5.75 Å². The summed E-state index contributed by atoms with van der Waals surface area (Å²) >= 11 is 0. The van der Waals surface area contributed by atoms with E-state index in [0.717, 1.165) is 5.56 Å². The van der Waals surface area contributed by atoms with Crippen LogP contribution in [-0.4, -0.2) is 28.6 Å². The highest BCUT2D eigenvalue weighted by atomic mass is 16.4. The zero-order chi connectivity index (χ0) is 15.0. The zero-order valence-corrected chi connectivity index (χ0v) is 11.4. The van der Waals surface area contributed by atoms with Crippen LogP contribution in [0.4, 0.5) is 0 Å². The first kappa shape index (κ1) is 15.8. The fraction of sp³-hybridized carbons (Fsp3) is 0.333. The number of carboxylic acid groups (broad SMARTS) is 1. The molecule has 5 heteroatoms. The second kappa shape index (κ2) is 7.99. The number of hydrogen-bond acceptors (Lipinski definition) is 3. The minimum Gasteiger partial charge on any atom is -0.508 e. The van der Waals surface area contributed by atoms with Gasteiger partial charge in [0.15, 0.2) is 0 Å². The zero-order valence-electron chi connectivity index (χ0n) is 11.4. The Kier molecular flexibility index (Phi) is 6.29. The maximum Gasteiger partial charge on any atom is 0.306 e. The molecule has 0 aliphatic heterocycles. The van der Waals surface area contributed by atoms with Crippen molar-refractivity contribution in [3.05, 3.63) is 35.9 Å². The number of carboxylic acids is 1. The minimum atomic E-state index is -0.816. The van der Waals surface area contributed by atoms with E-state index in [2.05, 4.69) is 5.32 Å². The number of rotatable bonds is 7. The number of phenolic OH excluding ortho intramolecular Hbond substituents is 1. The summed E-state index contributed by atoms with van der Waals surface area (Å²) in [5.74, 6) is -1.25. The van der Waals surface area contributed by atoms with Crippen molar-refractivity contribution >= 4 is 18.0 Å². The lowest BCUT2D eigenvalue weighted by molar-refractivity contribution is -0.141. The molecule has 1 aromatic rings. The number of carbonyl (C=O) groups excluding carboxylic acids is 1. The Morgan fingerprint density at radius 2 is 1.95 bits per heavy atom. The monoisotopic (exact) mass is 277 g/mol. The molecule has 0 bridgehead atoms. The van der Waals surface area contributed by atoms with Crippen molar-refractivity contribution in [3.63, 3.8) is 0 Å². The lowest BCUT2D eigenvalue weighted by Crippen LogP contribution is -2.23. The van der Waals surface area contributed by atoms with Crippen LogP contribution in [0, 0.1) is 5.92 Å². The Morgan fingerprint density at radius 1 is 1.30 bits per heavy atom. The number of aliphatic carboxylic acids is 1. The van der Waals surface area contributed by atoms with Crippen LogP contribution in [0.5, 0.6) is 5.75 Å². The van der Waals surface area contributed by atoms with Gasteiger partial charge in [-0.05, 0) is 36.6 Å². The summed E-state index contributed by atoms with van der Waals surface area (Å²) in [4.78, 5) is 22.1. The Balaban J connectivity index is 2.26. The molecule has 0 heterocycles. The number of aromatic hydroxyl groups is 1. The van der Waals surface area contributed by atoms with Gasteiger partial charge in [-0.15, -0.1) is 0 Å². The molecule has 0 fully saturated rings. The molecule has 0 aromatic heterocycles. The summed E-state index contributed by atoms with van der Waals surface area (Å²) in [5, 5.41) is 20.5. The fourth-order valence-electron chi connectivity index (χ4n) is 1.56. The van der Waals surface area contributed by atoms with Crippen molar-refractivity contribution in [1.82, 2.24) is 5.32 Å². The second-order valence-electron chi connectivity index (χ2n) is 4.60. The number of amides is 1. The van der Waals surface area contributed by atoms with Crippen LogP contribution in [0.1, 0.15) is 25.3 Å². The van der Waals surface area contributed by atoms with Crippen LogP contribution in [0.25, 0.3) is 6.08 Å². The maximum absolute atomic E-state index is 11.5. The summed E-state index contributed by atoms with van der Waals surface area (Å²) in [6.45, 7) is 2.10. The molecule has 0 spiro atoms. The van der Waals surface area contributed by atoms with Crippen molar-refractivity contribution in [2.24, 2.45) is 5.92 Å². The van der Waals surface area contributed by atoms with E-state index in [9.17, 15) is 9.59 Å². The Bertz CT molecular complexity index is 479. The van der Waals surface area contributed by atoms with Crippen molar-refractivity contribution in [2.75, 3.05) is 6.54 Å². The molecule has 1 atom stereocenters. The number of phenols is 1. The van der Waals surface area contributed by atoms with Gasteiger partial charge in [0, 0.05) is 12.6 Å². The maximum atomic E-state index is 11.5. The first-order valence-electron chi connectivity index (χ1n) is 6.47. The minimum absolute atomic E-state index is 0.180. The van der Waals surface area contributed by atoms with E-state index < -0.39 is 5.97 Å². The van der Waals surface area contributed by atoms with Crippen molar-refractivity contribution in [1.29, 1.82) is 0 Å². The normalized spacial score (nSPS) is 12.2. The van der Waals surface area contributed by atoms with Crippen LogP contribution in [0.3, 0.4) is 0 Å². The lowest BCUT2D eigenvalue weighted by Gasteiger charge is -2.05. The third-order valence-corrected chi connectivity index (χ3v) is 2.85. The molecule has 108 valence electrons. The Labute approximate surface area is 117 Å². The van der Waals surface area contributed by atoms with Crippen LogP contribution in [-0.2, 0) is 9.59 Å². The van der Waals surface area contributed by atoms with Crippen molar-refractivity contribution < 1.29 is 19.8 Å². The summed E-state index contributed by atoms with van der Waals surface area (Å²) < 4.78 is 0. The molecule has 0 radical (unpaired) electrons. The van der Waals surface area contributed by atoms with Gasteiger partial charge in [0.05, 0.1) is 5.92 Å². The van der Waals surface area contributed by atoms with Gasteiger partial charge in [-0.25, -0.2) is 0 Å². The van der Waals surface area contributed by atoms with Gasteiger partial charge in [-0.2, -0.15) is 0 Å². The van der Waals surface area contributed by atoms with E-state index in [1.54, 1.807) is 37.3 Å². The van der Waals surface area contributed by atoms with Crippen LogP contribution >= 0.6 is 0 Å². The molecule has 1 unspecified atom stereocenters. The fourth-order valence-corrected chi connectivity index (χ4v) is 1.56. The highest BCUT2D eigenvalue weighted by molar-refractivity contribution is 5.91. The first-order valence-corrected chi connectivity index (χ1v) is 6.47. The quantitative estimate of drug-likeness (QED) is 0.525. The Hall–Kier alpha value is -2.30. The SMILES string of the molecule is CC(CCCNC(=O)/C=C/c1ccc(O)cc1)C(=O)O. The standard InChI is InChI=1S/C15H19NO4/c1-11(15(19)20)3-2-10-16-14(18)9-6-12-4-7-13(17)8-5-12/h4-9,11,17H,2-3,10H2,1H3,(H,16,18)(H,19,20)/b9-6+. The number of carbonyl (C=O) groups is 2. The summed E-state index contributed by atoms with van der Waals surface area (Å²) in [6.07, 6.45) is 4.23.